The third kappa shape index (κ3) is 5.10. The summed E-state index contributed by atoms with van der Waals surface area (Å²) in [4.78, 5) is 21.2. The number of amides is 1. The summed E-state index contributed by atoms with van der Waals surface area (Å²) in [6, 6.07) is 8.36. The first-order chi connectivity index (χ1) is 13.1. The molecule has 0 aliphatic carbocycles. The molecule has 0 atom stereocenters. The Hall–Kier alpha value is -2.34. The molecule has 3 rings (SSSR count). The van der Waals surface area contributed by atoms with Crippen LogP contribution in [-0.4, -0.2) is 46.9 Å². The Morgan fingerprint density at radius 1 is 1.26 bits per heavy atom. The van der Waals surface area contributed by atoms with Crippen LogP contribution in [0.1, 0.15) is 55.1 Å². The first-order valence-corrected chi connectivity index (χ1v) is 9.67. The topological polar surface area (TPSA) is 58.8 Å². The third-order valence-electron chi connectivity index (χ3n) is 5.00. The number of hydrogen-bond donors (Lipinski definition) is 0. The van der Waals surface area contributed by atoms with E-state index in [9.17, 15) is 4.79 Å². The number of ether oxygens (including phenoxy) is 1. The fourth-order valence-corrected chi connectivity index (χ4v) is 3.34. The summed E-state index contributed by atoms with van der Waals surface area (Å²) in [6.45, 7) is 7.23. The van der Waals surface area contributed by atoms with Crippen molar-refractivity contribution in [2.75, 3.05) is 20.2 Å². The number of methoxy groups -OCH3 is 1. The lowest BCUT2D eigenvalue weighted by molar-refractivity contribution is 0.0718. The van der Waals surface area contributed by atoms with Crippen LogP contribution in [0.3, 0.4) is 0 Å². The zero-order valence-corrected chi connectivity index (χ0v) is 16.5. The summed E-state index contributed by atoms with van der Waals surface area (Å²) in [5.74, 6) is 1.40. The highest BCUT2D eigenvalue weighted by atomic mass is 16.5. The minimum atomic E-state index is -0.0198. The Morgan fingerprint density at radius 2 is 2.04 bits per heavy atom. The zero-order valence-electron chi connectivity index (χ0n) is 16.5. The highest BCUT2D eigenvalue weighted by Gasteiger charge is 2.22. The Balaban J connectivity index is 1.66. The number of hydrogen-bond acceptors (Lipinski definition) is 5. The van der Waals surface area contributed by atoms with E-state index in [1.807, 2.05) is 23.1 Å². The average molecular weight is 371 g/mol. The van der Waals surface area contributed by atoms with E-state index in [-0.39, 0.29) is 5.91 Å². The molecule has 0 unspecified atom stereocenters. The van der Waals surface area contributed by atoms with Crippen molar-refractivity contribution in [2.24, 2.45) is 0 Å². The molecule has 2 aromatic rings. The van der Waals surface area contributed by atoms with Gasteiger partial charge in [-0.15, -0.1) is 0 Å². The Labute approximate surface area is 161 Å². The number of oxazole rings is 1. The molecule has 2 heterocycles. The molecular weight excluding hydrogens is 342 g/mol. The van der Waals surface area contributed by atoms with Gasteiger partial charge in [0.05, 0.1) is 13.7 Å². The molecule has 0 bridgehead atoms. The van der Waals surface area contributed by atoms with Gasteiger partial charge in [-0.05, 0) is 50.8 Å². The predicted octanol–water partition coefficient (Wildman–Crippen LogP) is 3.72. The lowest BCUT2D eigenvalue weighted by Gasteiger charge is -2.26. The molecule has 1 aromatic carbocycles. The highest BCUT2D eigenvalue weighted by molar-refractivity contribution is 5.92. The normalized spacial score (nSPS) is 14.8. The van der Waals surface area contributed by atoms with Crippen LogP contribution in [0.5, 0.6) is 5.75 Å². The molecule has 6 nitrogen and oxygen atoms in total. The second-order valence-corrected chi connectivity index (χ2v) is 7.33. The first-order valence-electron chi connectivity index (χ1n) is 9.67. The molecule has 27 heavy (non-hydrogen) atoms. The molecule has 0 radical (unpaired) electrons. The maximum atomic E-state index is 12.6. The molecule has 0 spiro atoms. The number of carbonyl (C=O) groups excluding carboxylic acids is 1. The van der Waals surface area contributed by atoms with Gasteiger partial charge in [-0.1, -0.05) is 12.1 Å². The maximum Gasteiger partial charge on any atom is 0.275 e. The van der Waals surface area contributed by atoms with Crippen molar-refractivity contribution < 1.29 is 13.9 Å². The molecule has 6 heteroatoms. The number of nitrogens with zero attached hydrogens (tertiary/aromatic N) is 3. The quantitative estimate of drug-likeness (QED) is 0.742. The summed E-state index contributed by atoms with van der Waals surface area (Å²) < 4.78 is 10.9. The number of piperidine rings is 1. The lowest BCUT2D eigenvalue weighted by Crippen LogP contribution is -2.35. The van der Waals surface area contributed by atoms with Crippen LogP contribution < -0.4 is 4.74 Å². The molecule has 0 saturated carbocycles. The van der Waals surface area contributed by atoms with Gasteiger partial charge in [0, 0.05) is 25.7 Å². The van der Waals surface area contributed by atoms with Crippen molar-refractivity contribution in [1.82, 2.24) is 14.8 Å². The largest absolute Gasteiger partial charge is 0.497 e. The summed E-state index contributed by atoms with van der Waals surface area (Å²) in [6.07, 6.45) is 4.83. The smallest absolute Gasteiger partial charge is 0.275 e. The van der Waals surface area contributed by atoms with E-state index in [2.05, 4.69) is 29.8 Å². The SMILES string of the molecule is COc1cccc(CN(Cc2nc(C(=O)N3CCCCC3)co2)C(C)C)c1. The predicted molar refractivity (Wildman–Crippen MR) is 104 cm³/mol. The minimum absolute atomic E-state index is 0.0198. The van der Waals surface area contributed by atoms with Crippen LogP contribution in [0.15, 0.2) is 34.9 Å². The number of rotatable bonds is 7. The van der Waals surface area contributed by atoms with Gasteiger partial charge in [0.1, 0.15) is 12.0 Å². The Bertz CT molecular complexity index is 751. The molecule has 1 aliphatic heterocycles. The van der Waals surface area contributed by atoms with Crippen LogP contribution in [-0.2, 0) is 13.1 Å². The van der Waals surface area contributed by atoms with Crippen molar-refractivity contribution in [1.29, 1.82) is 0 Å². The van der Waals surface area contributed by atoms with Crippen molar-refractivity contribution >= 4 is 5.91 Å². The van der Waals surface area contributed by atoms with Gasteiger partial charge < -0.3 is 14.1 Å². The van der Waals surface area contributed by atoms with Crippen molar-refractivity contribution in [3.05, 3.63) is 47.7 Å². The van der Waals surface area contributed by atoms with Crippen LogP contribution in [0.4, 0.5) is 0 Å². The molecule has 1 aromatic heterocycles. The second-order valence-electron chi connectivity index (χ2n) is 7.33. The van der Waals surface area contributed by atoms with Crippen molar-refractivity contribution in [3.63, 3.8) is 0 Å². The first kappa shape index (κ1) is 19.4. The van der Waals surface area contributed by atoms with Crippen LogP contribution in [0.25, 0.3) is 0 Å². The summed E-state index contributed by atoms with van der Waals surface area (Å²) in [5.41, 5.74) is 1.58. The maximum absolute atomic E-state index is 12.6. The van der Waals surface area contributed by atoms with E-state index in [1.165, 1.54) is 18.2 Å². The van der Waals surface area contributed by atoms with Gasteiger partial charge in [0.25, 0.3) is 5.91 Å². The fourth-order valence-electron chi connectivity index (χ4n) is 3.34. The summed E-state index contributed by atoms with van der Waals surface area (Å²) >= 11 is 0. The third-order valence-corrected chi connectivity index (χ3v) is 5.00. The van der Waals surface area contributed by atoms with Crippen molar-refractivity contribution in [2.45, 2.75) is 52.2 Å². The van der Waals surface area contributed by atoms with Crippen LogP contribution in [0.2, 0.25) is 0 Å². The number of benzene rings is 1. The van der Waals surface area contributed by atoms with E-state index < -0.39 is 0 Å². The van der Waals surface area contributed by atoms with Gasteiger partial charge in [-0.3, -0.25) is 9.69 Å². The van der Waals surface area contributed by atoms with E-state index in [4.69, 9.17) is 9.15 Å². The minimum Gasteiger partial charge on any atom is -0.497 e. The van der Waals surface area contributed by atoms with E-state index in [1.54, 1.807) is 7.11 Å². The van der Waals surface area contributed by atoms with Gasteiger partial charge in [0.2, 0.25) is 5.89 Å². The Kier molecular flexibility index (Phi) is 6.50. The van der Waals surface area contributed by atoms with E-state index in [0.717, 1.165) is 38.2 Å². The Morgan fingerprint density at radius 3 is 2.74 bits per heavy atom. The molecular formula is C21H29N3O3. The summed E-state index contributed by atoms with van der Waals surface area (Å²) in [7, 11) is 1.67. The monoisotopic (exact) mass is 371 g/mol. The van der Waals surface area contributed by atoms with Crippen LogP contribution >= 0.6 is 0 Å². The van der Waals surface area contributed by atoms with E-state index >= 15 is 0 Å². The van der Waals surface area contributed by atoms with Gasteiger partial charge in [0.15, 0.2) is 5.69 Å². The number of carbonyl (C=O) groups is 1. The molecule has 1 aliphatic rings. The average Bonchev–Trinajstić information content (AvgIpc) is 3.16. The van der Waals surface area contributed by atoms with Gasteiger partial charge in [-0.25, -0.2) is 4.98 Å². The molecule has 146 valence electrons. The highest BCUT2D eigenvalue weighted by Crippen LogP contribution is 2.18. The second kappa shape index (κ2) is 9.04. The lowest BCUT2D eigenvalue weighted by atomic mass is 10.1. The standard InChI is InChI=1S/C21H29N3O3/c1-16(2)24(13-17-8-7-9-18(12-17)26-3)14-20-22-19(15-27-20)21(25)23-10-5-4-6-11-23/h7-9,12,15-16H,4-6,10-11,13-14H2,1-3H3. The fraction of sp³-hybridized carbons (Fsp3) is 0.524. The summed E-state index contributed by atoms with van der Waals surface area (Å²) in [5, 5.41) is 0. The van der Waals surface area contributed by atoms with E-state index in [0.29, 0.717) is 24.2 Å². The van der Waals surface area contributed by atoms with Crippen molar-refractivity contribution in [3.8, 4) is 5.75 Å². The molecule has 1 amide bonds. The molecule has 0 N–H and O–H groups in total. The zero-order chi connectivity index (χ0) is 19.2. The number of likely N-dealkylation sites (tertiary alicyclic amines) is 1. The van der Waals surface area contributed by atoms with Crippen LogP contribution in [0, 0.1) is 0 Å². The number of aromatic nitrogens is 1. The van der Waals surface area contributed by atoms with Gasteiger partial charge in [-0.2, -0.15) is 0 Å². The molecule has 1 fully saturated rings. The van der Waals surface area contributed by atoms with Gasteiger partial charge >= 0.3 is 0 Å². The molecule has 1 saturated heterocycles.